The normalized spacial score (nSPS) is 11.6. The highest BCUT2D eigenvalue weighted by Crippen LogP contribution is 2.35. The van der Waals surface area contributed by atoms with Crippen LogP contribution < -0.4 is 0 Å². The minimum Gasteiger partial charge on any atom is -0.465 e. The second-order valence-electron chi connectivity index (χ2n) is 6.71. The van der Waals surface area contributed by atoms with Crippen LogP contribution in [0, 0.1) is 0 Å². The van der Waals surface area contributed by atoms with Crippen LogP contribution in [-0.4, -0.2) is 44.4 Å². The van der Waals surface area contributed by atoms with Crippen molar-refractivity contribution in [3.8, 4) is 11.1 Å². The number of methoxy groups -OCH3 is 1. The second kappa shape index (κ2) is 8.95. The number of pyridine rings is 1. The molecule has 2 aromatic heterocycles. The molecule has 0 aliphatic carbocycles. The first kappa shape index (κ1) is 21.8. The molecule has 0 saturated carbocycles. The monoisotopic (exact) mass is 459 g/mol. The van der Waals surface area contributed by atoms with Gasteiger partial charge in [-0.3, -0.25) is 4.98 Å². The molecule has 7 nitrogen and oxygen atoms in total. The molecule has 0 radical (unpaired) electrons. The summed E-state index contributed by atoms with van der Waals surface area (Å²) in [6.45, 7) is -1.31. The number of rotatable bonds is 6. The molecule has 0 unspecified atom stereocenters. The number of carbonyl (C=O) groups excluding carboxylic acids is 1. The lowest BCUT2D eigenvalue weighted by Crippen LogP contribution is -2.19. The molecule has 2 heterocycles. The van der Waals surface area contributed by atoms with Crippen LogP contribution in [0.2, 0.25) is 0 Å². The molecule has 0 bridgehead atoms. The topological polar surface area (TPSA) is 82.8 Å². The van der Waals surface area contributed by atoms with E-state index < -0.39 is 18.7 Å². The van der Waals surface area contributed by atoms with Gasteiger partial charge in [0.1, 0.15) is 6.54 Å². The Kier molecular flexibility index (Phi) is 6.08. The maximum Gasteiger partial charge on any atom is 0.408 e. The van der Waals surface area contributed by atoms with Gasteiger partial charge >= 0.3 is 12.1 Å². The molecule has 0 amide bonds. The van der Waals surface area contributed by atoms with E-state index in [-0.39, 0.29) is 16.5 Å². The van der Waals surface area contributed by atoms with Crippen LogP contribution in [-0.2, 0) is 17.0 Å². The number of tetrazole rings is 1. The number of aromatic nitrogens is 5. The molecule has 0 aliphatic rings. The van der Waals surface area contributed by atoms with Crippen molar-refractivity contribution in [1.82, 2.24) is 25.2 Å². The minimum absolute atomic E-state index is 0.0330. The van der Waals surface area contributed by atoms with E-state index in [2.05, 4.69) is 20.5 Å². The summed E-state index contributed by atoms with van der Waals surface area (Å²) in [6, 6.07) is 16.6. The van der Waals surface area contributed by atoms with Gasteiger partial charge in [-0.05, 0) is 22.1 Å². The molecule has 0 N–H and O–H groups in total. The van der Waals surface area contributed by atoms with Crippen LogP contribution in [0.4, 0.5) is 13.2 Å². The van der Waals surface area contributed by atoms with E-state index in [0.717, 1.165) is 22.7 Å². The summed E-state index contributed by atoms with van der Waals surface area (Å²) >= 11 is 0.959. The second-order valence-corrected chi connectivity index (χ2v) is 7.65. The van der Waals surface area contributed by atoms with Gasteiger partial charge in [0, 0.05) is 16.7 Å². The molecule has 0 aliphatic heterocycles. The lowest BCUT2D eigenvalue weighted by Gasteiger charge is -2.16. The van der Waals surface area contributed by atoms with E-state index in [0.29, 0.717) is 21.5 Å². The number of ether oxygens (including phenoxy) is 1. The first-order chi connectivity index (χ1) is 15.4. The number of para-hydroxylation sites is 1. The number of hydrogen-bond acceptors (Lipinski definition) is 7. The Labute approximate surface area is 184 Å². The summed E-state index contributed by atoms with van der Waals surface area (Å²) in [6.07, 6.45) is -4.47. The molecule has 32 heavy (non-hydrogen) atoms. The molecule has 4 rings (SSSR count). The Morgan fingerprint density at radius 2 is 1.81 bits per heavy atom. The summed E-state index contributed by atoms with van der Waals surface area (Å²) in [5, 5.41) is 11.1. The summed E-state index contributed by atoms with van der Waals surface area (Å²) in [4.78, 5) is 17.4. The fourth-order valence-corrected chi connectivity index (χ4v) is 4.11. The fraction of sp³-hybridized carbons (Fsp3) is 0.190. The van der Waals surface area contributed by atoms with Crippen molar-refractivity contribution >= 4 is 28.6 Å². The van der Waals surface area contributed by atoms with Crippen molar-refractivity contribution in [2.24, 2.45) is 0 Å². The third-order valence-corrected chi connectivity index (χ3v) is 5.55. The Morgan fingerprint density at radius 3 is 2.53 bits per heavy atom. The largest absolute Gasteiger partial charge is 0.465 e. The minimum atomic E-state index is -4.47. The van der Waals surface area contributed by atoms with Crippen LogP contribution >= 0.6 is 11.8 Å². The molecule has 0 saturated heterocycles. The fourth-order valence-electron chi connectivity index (χ4n) is 3.30. The van der Waals surface area contributed by atoms with Crippen molar-refractivity contribution in [3.05, 3.63) is 65.9 Å². The molecule has 0 fully saturated rings. The zero-order chi connectivity index (χ0) is 22.7. The van der Waals surface area contributed by atoms with Crippen molar-refractivity contribution < 1.29 is 22.7 Å². The average molecular weight is 459 g/mol. The molecular weight excluding hydrogens is 443 g/mol. The number of alkyl halides is 3. The first-order valence-corrected chi connectivity index (χ1v) is 10.4. The van der Waals surface area contributed by atoms with Gasteiger partial charge in [0.2, 0.25) is 5.16 Å². The third kappa shape index (κ3) is 4.57. The standard InChI is InChI=1S/C21H16F3N5O2S/c1-31-19(30)18-16(11-32-20-26-27-28-29(20)12-21(22,23)24)25-15-10-6-5-9-14(15)17(18)13-7-3-2-4-8-13/h2-10H,11-12H2,1H3. The number of carbonyl (C=O) groups is 1. The predicted octanol–water partition coefficient (Wildman–Crippen LogP) is 4.53. The number of hydrogen-bond donors (Lipinski definition) is 0. The number of esters is 1. The number of nitrogens with zero attached hydrogens (tertiary/aromatic N) is 5. The van der Waals surface area contributed by atoms with Gasteiger partial charge in [-0.15, -0.1) is 5.10 Å². The van der Waals surface area contributed by atoms with Crippen molar-refractivity contribution in [2.45, 2.75) is 23.6 Å². The summed E-state index contributed by atoms with van der Waals surface area (Å²) in [5.41, 5.74) is 2.69. The molecule has 164 valence electrons. The third-order valence-electron chi connectivity index (χ3n) is 4.59. The maximum atomic E-state index is 12.8. The van der Waals surface area contributed by atoms with E-state index in [9.17, 15) is 18.0 Å². The Balaban J connectivity index is 1.82. The predicted molar refractivity (Wildman–Crippen MR) is 112 cm³/mol. The Bertz CT molecular complexity index is 1260. The van der Waals surface area contributed by atoms with Crippen LogP contribution in [0.5, 0.6) is 0 Å². The van der Waals surface area contributed by atoms with E-state index in [4.69, 9.17) is 4.74 Å². The van der Waals surface area contributed by atoms with E-state index in [1.54, 1.807) is 0 Å². The maximum absolute atomic E-state index is 12.8. The lowest BCUT2D eigenvalue weighted by atomic mass is 9.94. The summed E-state index contributed by atoms with van der Waals surface area (Å²) in [7, 11) is 1.27. The summed E-state index contributed by atoms with van der Waals surface area (Å²) < 4.78 is 44.1. The van der Waals surface area contributed by atoms with Gasteiger partial charge in [-0.25, -0.2) is 9.48 Å². The quantitative estimate of drug-likeness (QED) is 0.309. The summed E-state index contributed by atoms with van der Waals surface area (Å²) in [5.74, 6) is -0.527. The van der Waals surface area contributed by atoms with Gasteiger partial charge in [0.15, 0.2) is 0 Å². The highest BCUT2D eigenvalue weighted by atomic mass is 32.2. The lowest BCUT2D eigenvalue weighted by molar-refractivity contribution is -0.144. The smallest absolute Gasteiger partial charge is 0.408 e. The number of thioether (sulfide) groups is 1. The van der Waals surface area contributed by atoms with Gasteiger partial charge in [-0.2, -0.15) is 13.2 Å². The van der Waals surface area contributed by atoms with Crippen LogP contribution in [0.25, 0.3) is 22.0 Å². The number of fused-ring (bicyclic) bond motifs is 1. The average Bonchev–Trinajstić information content (AvgIpc) is 3.21. The van der Waals surface area contributed by atoms with Crippen LogP contribution in [0.1, 0.15) is 16.1 Å². The Morgan fingerprint density at radius 1 is 1.09 bits per heavy atom. The molecule has 0 spiro atoms. The molecule has 11 heteroatoms. The Hall–Kier alpha value is -3.47. The van der Waals surface area contributed by atoms with Gasteiger partial charge in [0.05, 0.1) is 23.9 Å². The first-order valence-electron chi connectivity index (χ1n) is 9.38. The van der Waals surface area contributed by atoms with E-state index >= 15 is 0 Å². The van der Waals surface area contributed by atoms with E-state index in [1.807, 2.05) is 54.6 Å². The molecular formula is C21H16F3N5O2S. The van der Waals surface area contributed by atoms with Crippen molar-refractivity contribution in [1.29, 1.82) is 0 Å². The number of halogens is 3. The van der Waals surface area contributed by atoms with E-state index in [1.165, 1.54) is 7.11 Å². The molecule has 0 atom stereocenters. The highest BCUT2D eigenvalue weighted by molar-refractivity contribution is 7.98. The SMILES string of the molecule is COC(=O)c1c(CSc2nnnn2CC(F)(F)F)nc2ccccc2c1-c1ccccc1. The van der Waals surface area contributed by atoms with Gasteiger partial charge < -0.3 is 4.74 Å². The van der Waals surface area contributed by atoms with Crippen molar-refractivity contribution in [2.75, 3.05) is 7.11 Å². The van der Waals surface area contributed by atoms with Crippen LogP contribution in [0.15, 0.2) is 59.8 Å². The molecule has 4 aromatic rings. The number of benzene rings is 2. The zero-order valence-electron chi connectivity index (χ0n) is 16.7. The highest BCUT2D eigenvalue weighted by Gasteiger charge is 2.30. The van der Waals surface area contributed by atoms with Crippen LogP contribution in [0.3, 0.4) is 0 Å². The van der Waals surface area contributed by atoms with Gasteiger partial charge in [0.25, 0.3) is 0 Å². The molecule has 2 aromatic carbocycles. The van der Waals surface area contributed by atoms with Gasteiger partial charge in [-0.1, -0.05) is 60.3 Å². The zero-order valence-corrected chi connectivity index (χ0v) is 17.5. The van der Waals surface area contributed by atoms with Crippen molar-refractivity contribution in [3.63, 3.8) is 0 Å².